The van der Waals surface area contributed by atoms with Gasteiger partial charge in [0.1, 0.15) is 5.75 Å². The lowest BCUT2D eigenvalue weighted by Gasteiger charge is -2.36. The largest absolute Gasteiger partial charge is 0.435 e. The van der Waals surface area contributed by atoms with Crippen LogP contribution in [0, 0.1) is 0 Å². The number of hydrogen-bond donors (Lipinski definition) is 2. The molecular formula is C22H22F2N6O2. The molecule has 2 amide bonds. The number of aromatic nitrogens is 2. The van der Waals surface area contributed by atoms with Crippen molar-refractivity contribution < 1.29 is 18.3 Å². The average Bonchev–Trinajstić information content (AvgIpc) is 2.80. The monoisotopic (exact) mass is 440 g/mol. The van der Waals surface area contributed by atoms with Crippen molar-refractivity contribution in [3.8, 4) is 5.75 Å². The lowest BCUT2D eigenvalue weighted by Crippen LogP contribution is -2.47. The maximum atomic E-state index is 12.3. The Bertz CT molecular complexity index is 1030. The lowest BCUT2D eigenvalue weighted by atomic mass is 10.2. The second-order valence-corrected chi connectivity index (χ2v) is 7.07. The predicted octanol–water partition coefficient (Wildman–Crippen LogP) is 4.05. The van der Waals surface area contributed by atoms with Gasteiger partial charge in [-0.2, -0.15) is 8.78 Å². The van der Waals surface area contributed by atoms with Gasteiger partial charge in [0.05, 0.1) is 18.1 Å². The molecule has 0 spiro atoms. The van der Waals surface area contributed by atoms with Gasteiger partial charge in [0, 0.05) is 43.6 Å². The van der Waals surface area contributed by atoms with E-state index in [1.54, 1.807) is 6.07 Å². The number of nitrogens with zero attached hydrogens (tertiary/aromatic N) is 4. The molecule has 1 aromatic heterocycles. The van der Waals surface area contributed by atoms with E-state index in [1.165, 1.54) is 36.3 Å². The van der Waals surface area contributed by atoms with Crippen molar-refractivity contribution in [2.75, 3.05) is 46.6 Å². The first-order valence-corrected chi connectivity index (χ1v) is 10.1. The highest BCUT2D eigenvalue weighted by molar-refractivity contribution is 5.99. The maximum absolute atomic E-state index is 12.3. The fraction of sp³-hybridized carbons (Fsp3) is 0.227. The van der Waals surface area contributed by atoms with Crippen LogP contribution in [-0.2, 0) is 0 Å². The van der Waals surface area contributed by atoms with Gasteiger partial charge in [-0.15, -0.1) is 0 Å². The van der Waals surface area contributed by atoms with Crippen LogP contribution >= 0.6 is 0 Å². The normalized spacial score (nSPS) is 13.7. The third-order valence-corrected chi connectivity index (χ3v) is 4.90. The maximum Gasteiger partial charge on any atom is 0.387 e. The van der Waals surface area contributed by atoms with Crippen LogP contribution in [0.3, 0.4) is 0 Å². The first-order valence-electron chi connectivity index (χ1n) is 10.1. The summed E-state index contributed by atoms with van der Waals surface area (Å²) in [5.41, 5.74) is 1.92. The predicted molar refractivity (Wildman–Crippen MR) is 119 cm³/mol. The molecule has 8 nitrogen and oxygen atoms in total. The minimum atomic E-state index is -2.93. The van der Waals surface area contributed by atoms with Crippen molar-refractivity contribution in [3.63, 3.8) is 0 Å². The SMILES string of the molecule is O=C(Nc1cnc(N2CCN(c3ccccc3)CC2)nc1)Nc1cccc(OC(F)F)c1. The summed E-state index contributed by atoms with van der Waals surface area (Å²) in [6, 6.07) is 15.5. The van der Waals surface area contributed by atoms with Crippen molar-refractivity contribution in [1.29, 1.82) is 0 Å². The number of nitrogens with one attached hydrogen (secondary N) is 2. The second-order valence-electron chi connectivity index (χ2n) is 7.07. The van der Waals surface area contributed by atoms with E-state index in [4.69, 9.17) is 0 Å². The Morgan fingerprint density at radius 3 is 2.22 bits per heavy atom. The molecule has 2 aromatic carbocycles. The molecule has 3 aromatic rings. The van der Waals surface area contributed by atoms with E-state index < -0.39 is 12.6 Å². The van der Waals surface area contributed by atoms with Gasteiger partial charge in [-0.3, -0.25) is 0 Å². The van der Waals surface area contributed by atoms with Crippen molar-refractivity contribution in [2.45, 2.75) is 6.61 Å². The summed E-state index contributed by atoms with van der Waals surface area (Å²) in [5.74, 6) is 0.554. The number of carbonyl (C=O) groups is 1. The number of urea groups is 1. The number of alkyl halides is 2. The number of para-hydroxylation sites is 1. The third kappa shape index (κ3) is 5.60. The Morgan fingerprint density at radius 2 is 1.53 bits per heavy atom. The number of piperazine rings is 1. The molecule has 0 aliphatic carbocycles. The van der Waals surface area contributed by atoms with Gasteiger partial charge in [-0.25, -0.2) is 14.8 Å². The molecule has 1 fully saturated rings. The number of benzene rings is 2. The van der Waals surface area contributed by atoms with Gasteiger partial charge in [0.15, 0.2) is 0 Å². The molecule has 0 radical (unpaired) electrons. The summed E-state index contributed by atoms with van der Waals surface area (Å²) in [7, 11) is 0. The highest BCUT2D eigenvalue weighted by Gasteiger charge is 2.19. The van der Waals surface area contributed by atoms with Crippen molar-refractivity contribution >= 4 is 29.0 Å². The van der Waals surface area contributed by atoms with E-state index in [9.17, 15) is 13.6 Å². The zero-order valence-electron chi connectivity index (χ0n) is 17.1. The second kappa shape index (κ2) is 9.90. The van der Waals surface area contributed by atoms with Crippen LogP contribution in [0.15, 0.2) is 67.0 Å². The summed E-state index contributed by atoms with van der Waals surface area (Å²) in [5, 5.41) is 5.17. The third-order valence-electron chi connectivity index (χ3n) is 4.90. The molecule has 1 saturated heterocycles. The fourth-order valence-electron chi connectivity index (χ4n) is 3.40. The molecule has 4 rings (SSSR count). The van der Waals surface area contributed by atoms with E-state index >= 15 is 0 Å². The minimum Gasteiger partial charge on any atom is -0.435 e. The van der Waals surface area contributed by atoms with Gasteiger partial charge in [0.25, 0.3) is 0 Å². The smallest absolute Gasteiger partial charge is 0.387 e. The summed E-state index contributed by atoms with van der Waals surface area (Å²) in [6.45, 7) is 0.378. The molecule has 2 heterocycles. The summed E-state index contributed by atoms with van der Waals surface area (Å²) < 4.78 is 29.0. The van der Waals surface area contributed by atoms with E-state index in [1.807, 2.05) is 18.2 Å². The van der Waals surface area contributed by atoms with Gasteiger partial charge in [-0.1, -0.05) is 24.3 Å². The van der Waals surface area contributed by atoms with Crippen molar-refractivity contribution in [2.24, 2.45) is 0 Å². The van der Waals surface area contributed by atoms with Crippen molar-refractivity contribution in [1.82, 2.24) is 9.97 Å². The van der Waals surface area contributed by atoms with Crippen LogP contribution in [0.5, 0.6) is 5.75 Å². The molecule has 2 N–H and O–H groups in total. The first kappa shape index (κ1) is 21.3. The summed E-state index contributed by atoms with van der Waals surface area (Å²) >= 11 is 0. The van der Waals surface area contributed by atoms with Crippen LogP contribution in [0.4, 0.5) is 36.6 Å². The first-order chi connectivity index (χ1) is 15.6. The van der Waals surface area contributed by atoms with E-state index in [2.05, 4.69) is 47.3 Å². The highest BCUT2D eigenvalue weighted by Crippen LogP contribution is 2.20. The standard InChI is InChI=1S/C22H22F2N6O2/c23-20(24)32-19-8-4-5-16(13-19)27-22(31)28-17-14-25-21(26-15-17)30-11-9-29(10-12-30)18-6-2-1-3-7-18/h1-8,13-15,20H,9-12H2,(H2,27,28,31). The fourth-order valence-corrected chi connectivity index (χ4v) is 3.40. The van der Waals surface area contributed by atoms with E-state index in [0.717, 1.165) is 26.2 Å². The molecule has 0 saturated carbocycles. The molecule has 166 valence electrons. The van der Waals surface area contributed by atoms with Crippen LogP contribution in [0.1, 0.15) is 0 Å². The van der Waals surface area contributed by atoms with Crippen LogP contribution in [0.25, 0.3) is 0 Å². The van der Waals surface area contributed by atoms with E-state index in [-0.39, 0.29) is 5.75 Å². The van der Waals surface area contributed by atoms with Crippen LogP contribution in [-0.4, -0.2) is 48.8 Å². The zero-order valence-corrected chi connectivity index (χ0v) is 17.1. The van der Waals surface area contributed by atoms with Gasteiger partial charge in [-0.05, 0) is 24.3 Å². The number of ether oxygens (including phenoxy) is 1. The number of anilines is 4. The number of hydrogen-bond acceptors (Lipinski definition) is 6. The molecule has 1 aliphatic heterocycles. The molecule has 10 heteroatoms. The summed E-state index contributed by atoms with van der Waals surface area (Å²) in [6.07, 6.45) is 3.06. The Kier molecular flexibility index (Phi) is 6.59. The molecule has 32 heavy (non-hydrogen) atoms. The van der Waals surface area contributed by atoms with Gasteiger partial charge >= 0.3 is 12.6 Å². The van der Waals surface area contributed by atoms with Gasteiger partial charge in [0.2, 0.25) is 5.95 Å². The van der Waals surface area contributed by atoms with E-state index in [0.29, 0.717) is 17.3 Å². The Balaban J connectivity index is 1.29. The van der Waals surface area contributed by atoms with Crippen LogP contribution < -0.4 is 25.2 Å². The quantitative estimate of drug-likeness (QED) is 0.602. The molecule has 0 bridgehead atoms. The van der Waals surface area contributed by atoms with Crippen LogP contribution in [0.2, 0.25) is 0 Å². The number of rotatable bonds is 6. The average molecular weight is 440 g/mol. The highest BCUT2D eigenvalue weighted by atomic mass is 19.3. The molecular weight excluding hydrogens is 418 g/mol. The number of carbonyl (C=O) groups excluding carboxylic acids is 1. The zero-order chi connectivity index (χ0) is 22.3. The Hall–Kier alpha value is -3.95. The minimum absolute atomic E-state index is 0.0437. The van der Waals surface area contributed by atoms with Crippen molar-refractivity contribution in [3.05, 3.63) is 67.0 Å². The number of amides is 2. The molecule has 1 aliphatic rings. The summed E-state index contributed by atoms with van der Waals surface area (Å²) in [4.78, 5) is 25.3. The number of halogens is 2. The Labute approximate surface area is 183 Å². The van der Waals surface area contributed by atoms with Gasteiger partial charge < -0.3 is 25.2 Å². The Morgan fingerprint density at radius 1 is 0.875 bits per heavy atom. The lowest BCUT2D eigenvalue weighted by molar-refractivity contribution is -0.0497. The molecule has 0 unspecified atom stereocenters. The topological polar surface area (TPSA) is 82.6 Å². The molecule has 0 atom stereocenters.